The molecule has 2 N–H and O–H groups in total. The highest BCUT2D eigenvalue weighted by atomic mass is 35.5. The van der Waals surface area contributed by atoms with E-state index in [0.29, 0.717) is 28.5 Å². The Labute approximate surface area is 192 Å². The van der Waals surface area contributed by atoms with Crippen molar-refractivity contribution in [2.45, 2.75) is 12.5 Å². The normalized spacial score (nSPS) is 11.3. The molecular weight excluding hydrogens is 428 g/mol. The van der Waals surface area contributed by atoms with Crippen molar-refractivity contribution in [1.29, 1.82) is 0 Å². The lowest BCUT2D eigenvalue weighted by Gasteiger charge is -2.19. The Balaban J connectivity index is 1.60. The molecule has 0 spiro atoms. The summed E-state index contributed by atoms with van der Waals surface area (Å²) in [4.78, 5) is 25.5. The maximum Gasteiger partial charge on any atom is 0.251 e. The van der Waals surface area contributed by atoms with Crippen molar-refractivity contribution in [2.24, 2.45) is 0 Å². The van der Waals surface area contributed by atoms with Crippen molar-refractivity contribution in [1.82, 2.24) is 10.6 Å². The molecule has 0 bridgehead atoms. The zero-order valence-electron chi connectivity index (χ0n) is 17.7. The smallest absolute Gasteiger partial charge is 0.251 e. The van der Waals surface area contributed by atoms with Crippen molar-refractivity contribution in [3.05, 3.63) is 95.0 Å². The highest BCUT2D eigenvalue weighted by Gasteiger charge is 2.22. The van der Waals surface area contributed by atoms with E-state index in [1.807, 2.05) is 42.5 Å². The minimum Gasteiger partial charge on any atom is -0.493 e. The van der Waals surface area contributed by atoms with Crippen LogP contribution >= 0.6 is 11.6 Å². The Morgan fingerprint density at radius 2 is 1.56 bits per heavy atom. The summed E-state index contributed by atoms with van der Waals surface area (Å²) in [7, 11) is 1.57. The van der Waals surface area contributed by atoms with E-state index in [1.165, 1.54) is 0 Å². The summed E-state index contributed by atoms with van der Waals surface area (Å²) >= 11 is 5.90. The Hall–Kier alpha value is -3.51. The van der Waals surface area contributed by atoms with Gasteiger partial charge in [0.2, 0.25) is 5.91 Å². The summed E-state index contributed by atoms with van der Waals surface area (Å²) in [6.07, 6.45) is 0.360. The molecule has 0 fully saturated rings. The first-order valence-corrected chi connectivity index (χ1v) is 10.6. The number of nitrogens with one attached hydrogen (secondary N) is 2. The highest BCUT2D eigenvalue weighted by molar-refractivity contribution is 6.30. The van der Waals surface area contributed by atoms with E-state index in [1.54, 1.807) is 43.5 Å². The van der Waals surface area contributed by atoms with Gasteiger partial charge in [-0.1, -0.05) is 54.1 Å². The number of hydrogen-bond donors (Lipinski definition) is 2. The molecule has 3 aromatic rings. The Kier molecular flexibility index (Phi) is 8.52. The van der Waals surface area contributed by atoms with E-state index >= 15 is 0 Å². The van der Waals surface area contributed by atoms with Gasteiger partial charge in [-0.2, -0.15) is 0 Å². The highest BCUT2D eigenvalue weighted by Crippen LogP contribution is 2.25. The van der Waals surface area contributed by atoms with E-state index in [0.717, 1.165) is 5.56 Å². The van der Waals surface area contributed by atoms with Crippen LogP contribution in [-0.4, -0.2) is 38.1 Å². The van der Waals surface area contributed by atoms with Gasteiger partial charge in [-0.3, -0.25) is 9.59 Å². The van der Waals surface area contributed by atoms with E-state index in [4.69, 9.17) is 21.1 Å². The topological polar surface area (TPSA) is 76.7 Å². The lowest BCUT2D eigenvalue weighted by molar-refractivity contribution is -0.123. The fourth-order valence-electron chi connectivity index (χ4n) is 3.10. The Morgan fingerprint density at radius 3 is 2.25 bits per heavy atom. The SMILES string of the molecule is COc1ccccc1OCCNC(=O)C(Cc1ccccc1)NC(=O)c1ccc(Cl)cc1. The Bertz CT molecular complexity index is 1030. The molecule has 1 atom stereocenters. The lowest BCUT2D eigenvalue weighted by atomic mass is 10.0. The second kappa shape index (κ2) is 11.8. The molecular formula is C25H25ClN2O4. The van der Waals surface area contributed by atoms with Crippen LogP contribution in [0.1, 0.15) is 15.9 Å². The van der Waals surface area contributed by atoms with Gasteiger partial charge in [0, 0.05) is 17.0 Å². The molecule has 0 aromatic heterocycles. The number of methoxy groups -OCH3 is 1. The number of amides is 2. The summed E-state index contributed by atoms with van der Waals surface area (Å²) in [6.45, 7) is 0.536. The fourth-order valence-corrected chi connectivity index (χ4v) is 3.22. The van der Waals surface area contributed by atoms with Gasteiger partial charge in [0.25, 0.3) is 5.91 Å². The molecule has 0 saturated heterocycles. The monoisotopic (exact) mass is 452 g/mol. The zero-order chi connectivity index (χ0) is 22.8. The largest absolute Gasteiger partial charge is 0.493 e. The third kappa shape index (κ3) is 6.75. The first kappa shape index (κ1) is 23.2. The van der Waals surface area contributed by atoms with Crippen molar-refractivity contribution in [2.75, 3.05) is 20.3 Å². The third-order valence-electron chi connectivity index (χ3n) is 4.74. The van der Waals surface area contributed by atoms with Crippen LogP contribution in [0.15, 0.2) is 78.9 Å². The predicted octanol–water partition coefficient (Wildman–Crippen LogP) is 3.88. The number of para-hydroxylation sites is 2. The van der Waals surface area contributed by atoms with Crippen molar-refractivity contribution in [3.8, 4) is 11.5 Å². The molecule has 1 unspecified atom stereocenters. The lowest BCUT2D eigenvalue weighted by Crippen LogP contribution is -2.48. The number of rotatable bonds is 10. The van der Waals surface area contributed by atoms with Gasteiger partial charge in [0.05, 0.1) is 13.7 Å². The molecule has 0 radical (unpaired) electrons. The van der Waals surface area contributed by atoms with E-state index in [-0.39, 0.29) is 25.0 Å². The molecule has 3 rings (SSSR count). The number of halogens is 1. The van der Waals surface area contributed by atoms with Gasteiger partial charge < -0.3 is 20.1 Å². The van der Waals surface area contributed by atoms with Crippen LogP contribution in [0.4, 0.5) is 0 Å². The third-order valence-corrected chi connectivity index (χ3v) is 4.99. The van der Waals surface area contributed by atoms with Crippen molar-refractivity contribution in [3.63, 3.8) is 0 Å². The molecule has 3 aromatic carbocycles. The van der Waals surface area contributed by atoms with Crippen molar-refractivity contribution < 1.29 is 19.1 Å². The van der Waals surface area contributed by atoms with E-state index in [2.05, 4.69) is 10.6 Å². The van der Waals surface area contributed by atoms with E-state index < -0.39 is 6.04 Å². The van der Waals surface area contributed by atoms with Crippen LogP contribution in [0.2, 0.25) is 5.02 Å². The molecule has 0 heterocycles. The van der Waals surface area contributed by atoms with Gasteiger partial charge in [-0.05, 0) is 42.0 Å². The van der Waals surface area contributed by atoms with Crippen molar-refractivity contribution >= 4 is 23.4 Å². The van der Waals surface area contributed by atoms with Crippen LogP contribution in [0.3, 0.4) is 0 Å². The maximum absolute atomic E-state index is 12.9. The number of benzene rings is 3. The maximum atomic E-state index is 12.9. The quantitative estimate of drug-likeness (QED) is 0.458. The summed E-state index contributed by atoms with van der Waals surface area (Å²) in [6, 6.07) is 22.6. The second-order valence-corrected chi connectivity index (χ2v) is 7.45. The molecule has 7 heteroatoms. The summed E-state index contributed by atoms with van der Waals surface area (Å²) < 4.78 is 11.0. The predicted molar refractivity (Wildman–Crippen MR) is 124 cm³/mol. The average Bonchev–Trinajstić information content (AvgIpc) is 2.82. The molecule has 0 aliphatic heterocycles. The number of hydrogen-bond acceptors (Lipinski definition) is 4. The molecule has 0 saturated carbocycles. The first-order chi connectivity index (χ1) is 15.6. The van der Waals surface area contributed by atoms with Crippen LogP contribution < -0.4 is 20.1 Å². The zero-order valence-corrected chi connectivity index (χ0v) is 18.5. The van der Waals surface area contributed by atoms with Gasteiger partial charge in [-0.25, -0.2) is 0 Å². The molecule has 32 heavy (non-hydrogen) atoms. The molecule has 0 aliphatic carbocycles. The average molecular weight is 453 g/mol. The first-order valence-electron chi connectivity index (χ1n) is 10.2. The summed E-state index contributed by atoms with van der Waals surface area (Å²) in [5.41, 5.74) is 1.37. The molecule has 0 aliphatic rings. The fraction of sp³-hybridized carbons (Fsp3) is 0.200. The van der Waals surface area contributed by atoms with E-state index in [9.17, 15) is 9.59 Å². The van der Waals surface area contributed by atoms with Gasteiger partial charge in [-0.15, -0.1) is 0 Å². The van der Waals surface area contributed by atoms with Crippen LogP contribution in [0.25, 0.3) is 0 Å². The minimum absolute atomic E-state index is 0.259. The molecule has 2 amide bonds. The van der Waals surface area contributed by atoms with Gasteiger partial charge >= 0.3 is 0 Å². The molecule has 6 nitrogen and oxygen atoms in total. The summed E-state index contributed by atoms with van der Waals surface area (Å²) in [5.74, 6) is 0.583. The standard InChI is InChI=1S/C25H25ClN2O4/c1-31-22-9-5-6-10-23(22)32-16-15-27-25(30)21(17-18-7-3-2-4-8-18)28-24(29)19-11-13-20(26)14-12-19/h2-14,21H,15-17H2,1H3,(H,27,30)(H,28,29). The molecule has 166 valence electrons. The van der Waals surface area contributed by atoms with Gasteiger partial charge in [0.1, 0.15) is 12.6 Å². The number of carbonyl (C=O) groups excluding carboxylic acids is 2. The second-order valence-electron chi connectivity index (χ2n) is 7.01. The number of ether oxygens (including phenoxy) is 2. The summed E-state index contributed by atoms with van der Waals surface area (Å²) in [5, 5.41) is 6.20. The van der Waals surface area contributed by atoms with Crippen LogP contribution in [0.5, 0.6) is 11.5 Å². The Morgan fingerprint density at radius 1 is 0.906 bits per heavy atom. The minimum atomic E-state index is -0.744. The van der Waals surface area contributed by atoms with Gasteiger partial charge in [0.15, 0.2) is 11.5 Å². The number of carbonyl (C=O) groups is 2. The van der Waals surface area contributed by atoms with Crippen LogP contribution in [-0.2, 0) is 11.2 Å². The van der Waals surface area contributed by atoms with Crippen LogP contribution in [0, 0.1) is 0 Å².